The van der Waals surface area contributed by atoms with E-state index in [1.165, 1.54) is 16.8 Å². The third-order valence-corrected chi connectivity index (χ3v) is 4.60. The molecule has 0 aliphatic rings. The van der Waals surface area contributed by atoms with E-state index >= 15 is 0 Å². The number of benzene rings is 1. The number of rotatable bonds is 3. The molecule has 1 aromatic carbocycles. The molecule has 0 atom stereocenters. The van der Waals surface area contributed by atoms with Crippen molar-refractivity contribution in [3.05, 3.63) is 35.4 Å². The minimum absolute atomic E-state index is 0.0401. The van der Waals surface area contributed by atoms with Gasteiger partial charge in [-0.05, 0) is 26.0 Å². The van der Waals surface area contributed by atoms with E-state index in [-0.39, 0.29) is 16.3 Å². The molecule has 2 aromatic rings. The van der Waals surface area contributed by atoms with Crippen LogP contribution in [-0.2, 0) is 17.1 Å². The van der Waals surface area contributed by atoms with Gasteiger partial charge in [-0.1, -0.05) is 0 Å². The van der Waals surface area contributed by atoms with Crippen LogP contribution in [0.1, 0.15) is 11.4 Å². The first kappa shape index (κ1) is 14.3. The van der Waals surface area contributed by atoms with Crippen molar-refractivity contribution in [2.75, 3.05) is 10.5 Å². The van der Waals surface area contributed by atoms with Crippen LogP contribution in [0.4, 0.5) is 15.8 Å². The molecule has 0 amide bonds. The molecule has 1 heterocycles. The fourth-order valence-electron chi connectivity index (χ4n) is 1.94. The van der Waals surface area contributed by atoms with E-state index in [0.29, 0.717) is 11.4 Å². The summed E-state index contributed by atoms with van der Waals surface area (Å²) in [6.07, 6.45) is 0. The van der Waals surface area contributed by atoms with Crippen molar-refractivity contribution in [3.8, 4) is 0 Å². The summed E-state index contributed by atoms with van der Waals surface area (Å²) in [6, 6.07) is 3.74. The number of aromatic nitrogens is 2. The zero-order valence-electron chi connectivity index (χ0n) is 11.3. The maximum Gasteiger partial charge on any atom is 0.265 e. The van der Waals surface area contributed by atoms with Gasteiger partial charge in [0.1, 0.15) is 10.7 Å². The Labute approximate surface area is 116 Å². The van der Waals surface area contributed by atoms with Crippen LogP contribution >= 0.6 is 0 Å². The summed E-state index contributed by atoms with van der Waals surface area (Å²) < 4.78 is 41.8. The average molecular weight is 298 g/mol. The number of hydrogen-bond donors (Lipinski definition) is 2. The maximum absolute atomic E-state index is 13.3. The normalized spacial score (nSPS) is 11.6. The van der Waals surface area contributed by atoms with Gasteiger partial charge in [-0.25, -0.2) is 12.8 Å². The van der Waals surface area contributed by atoms with Crippen LogP contribution in [-0.4, -0.2) is 18.2 Å². The maximum atomic E-state index is 13.3. The Balaban J connectivity index is 2.43. The van der Waals surface area contributed by atoms with Crippen LogP contribution in [0, 0.1) is 19.7 Å². The number of hydrogen-bond acceptors (Lipinski definition) is 4. The Morgan fingerprint density at radius 2 is 2.00 bits per heavy atom. The van der Waals surface area contributed by atoms with Crippen molar-refractivity contribution in [1.82, 2.24) is 9.78 Å². The average Bonchev–Trinajstić information content (AvgIpc) is 2.58. The highest BCUT2D eigenvalue weighted by Gasteiger charge is 2.24. The Hall–Kier alpha value is -2.09. The molecule has 8 heteroatoms. The summed E-state index contributed by atoms with van der Waals surface area (Å²) in [5, 5.41) is 4.05. The molecule has 0 radical (unpaired) electrons. The van der Waals surface area contributed by atoms with Crippen LogP contribution in [0.15, 0.2) is 23.1 Å². The largest absolute Gasteiger partial charge is 0.396 e. The highest BCUT2D eigenvalue weighted by molar-refractivity contribution is 7.92. The van der Waals surface area contributed by atoms with Crippen LogP contribution in [0.5, 0.6) is 0 Å². The minimum Gasteiger partial charge on any atom is -0.396 e. The molecule has 1 aromatic heterocycles. The van der Waals surface area contributed by atoms with Gasteiger partial charge in [0.15, 0.2) is 0 Å². The number of anilines is 2. The first-order valence-corrected chi connectivity index (χ1v) is 7.28. The van der Waals surface area contributed by atoms with Gasteiger partial charge in [-0.3, -0.25) is 9.40 Å². The van der Waals surface area contributed by atoms with E-state index < -0.39 is 15.8 Å². The highest BCUT2D eigenvalue weighted by atomic mass is 32.2. The van der Waals surface area contributed by atoms with Gasteiger partial charge in [0.2, 0.25) is 0 Å². The van der Waals surface area contributed by atoms with Gasteiger partial charge in [0, 0.05) is 13.1 Å². The minimum atomic E-state index is -3.82. The van der Waals surface area contributed by atoms with Crippen molar-refractivity contribution in [3.63, 3.8) is 0 Å². The molecule has 108 valence electrons. The molecule has 3 N–H and O–H groups in total. The zero-order valence-corrected chi connectivity index (χ0v) is 12.1. The fourth-order valence-corrected chi connectivity index (χ4v) is 3.43. The van der Waals surface area contributed by atoms with Crippen molar-refractivity contribution in [2.24, 2.45) is 7.05 Å². The van der Waals surface area contributed by atoms with Gasteiger partial charge < -0.3 is 5.73 Å². The van der Waals surface area contributed by atoms with Gasteiger partial charge in [-0.2, -0.15) is 5.10 Å². The quantitative estimate of drug-likeness (QED) is 0.841. The van der Waals surface area contributed by atoms with E-state index in [2.05, 4.69) is 9.82 Å². The second-order valence-corrected chi connectivity index (χ2v) is 6.08. The van der Waals surface area contributed by atoms with Crippen molar-refractivity contribution in [2.45, 2.75) is 18.7 Å². The third-order valence-electron chi connectivity index (χ3n) is 2.96. The number of sulfonamides is 1. The predicted molar refractivity (Wildman–Crippen MR) is 74.3 cm³/mol. The van der Waals surface area contributed by atoms with E-state index in [0.717, 1.165) is 6.07 Å². The first-order valence-electron chi connectivity index (χ1n) is 5.80. The van der Waals surface area contributed by atoms with Crippen LogP contribution in [0.25, 0.3) is 0 Å². The van der Waals surface area contributed by atoms with Gasteiger partial charge in [0.05, 0.1) is 22.8 Å². The molecule has 0 unspecified atom stereocenters. The molecular formula is C12H15FN4O2S. The van der Waals surface area contributed by atoms with Crippen molar-refractivity contribution >= 4 is 21.4 Å². The topological polar surface area (TPSA) is 90.0 Å². The highest BCUT2D eigenvalue weighted by Crippen LogP contribution is 2.23. The lowest BCUT2D eigenvalue weighted by atomic mass is 10.3. The predicted octanol–water partition coefficient (Wildman–Crippen LogP) is 1.56. The lowest BCUT2D eigenvalue weighted by Crippen LogP contribution is -2.15. The molecule has 0 saturated carbocycles. The molecule has 0 saturated heterocycles. The second kappa shape index (κ2) is 4.78. The fraction of sp³-hybridized carbons (Fsp3) is 0.250. The van der Waals surface area contributed by atoms with Gasteiger partial charge >= 0.3 is 0 Å². The van der Waals surface area contributed by atoms with Gasteiger partial charge in [0.25, 0.3) is 10.0 Å². The molecule has 0 aliphatic heterocycles. The summed E-state index contributed by atoms with van der Waals surface area (Å²) in [4.78, 5) is 0.0947. The molecule has 0 aliphatic carbocycles. The number of nitrogens with two attached hydrogens (primary N) is 1. The Morgan fingerprint density at radius 1 is 1.35 bits per heavy atom. The SMILES string of the molecule is Cc1nn(C)c(C)c1S(=O)(=O)Nc1ccc(N)c(F)c1. The summed E-state index contributed by atoms with van der Waals surface area (Å²) >= 11 is 0. The molecule has 6 nitrogen and oxygen atoms in total. The zero-order chi connectivity index (χ0) is 15.1. The van der Waals surface area contributed by atoms with E-state index in [4.69, 9.17) is 5.73 Å². The van der Waals surface area contributed by atoms with E-state index in [1.54, 1.807) is 20.9 Å². The molecule has 0 fully saturated rings. The molecule has 20 heavy (non-hydrogen) atoms. The van der Waals surface area contributed by atoms with Crippen LogP contribution < -0.4 is 10.5 Å². The molecular weight excluding hydrogens is 283 g/mol. The van der Waals surface area contributed by atoms with Crippen LogP contribution in [0.3, 0.4) is 0 Å². The monoisotopic (exact) mass is 298 g/mol. The van der Waals surface area contributed by atoms with Gasteiger partial charge in [-0.15, -0.1) is 0 Å². The van der Waals surface area contributed by atoms with Crippen LogP contribution in [0.2, 0.25) is 0 Å². The molecule has 2 rings (SSSR count). The summed E-state index contributed by atoms with van der Waals surface area (Å²) in [5.74, 6) is -0.676. The number of nitrogens with zero attached hydrogens (tertiary/aromatic N) is 2. The number of nitrogens with one attached hydrogen (secondary N) is 1. The summed E-state index contributed by atoms with van der Waals surface area (Å²) in [7, 11) is -2.17. The Kier molecular flexibility index (Phi) is 3.43. The summed E-state index contributed by atoms with van der Waals surface area (Å²) in [6.45, 7) is 3.25. The summed E-state index contributed by atoms with van der Waals surface area (Å²) in [5.41, 5.74) is 6.31. The lowest BCUT2D eigenvalue weighted by molar-refractivity contribution is 0.599. The van der Waals surface area contributed by atoms with Crippen molar-refractivity contribution in [1.29, 1.82) is 0 Å². The standard InChI is InChI=1S/C12H15FN4O2S/c1-7-12(8(2)17(3)15-7)20(18,19)16-9-4-5-11(14)10(13)6-9/h4-6,16H,14H2,1-3H3. The number of nitrogen functional groups attached to an aromatic ring is 1. The number of halogens is 1. The Morgan fingerprint density at radius 3 is 2.50 bits per heavy atom. The van der Waals surface area contributed by atoms with E-state index in [1.807, 2.05) is 0 Å². The first-order chi connectivity index (χ1) is 9.22. The van der Waals surface area contributed by atoms with Crippen molar-refractivity contribution < 1.29 is 12.8 Å². The molecule has 0 spiro atoms. The lowest BCUT2D eigenvalue weighted by Gasteiger charge is -2.09. The Bertz CT molecular complexity index is 768. The second-order valence-electron chi connectivity index (χ2n) is 4.47. The smallest absolute Gasteiger partial charge is 0.265 e. The van der Waals surface area contributed by atoms with E-state index in [9.17, 15) is 12.8 Å². The molecule has 0 bridgehead atoms. The third kappa shape index (κ3) is 2.46. The number of aryl methyl sites for hydroxylation is 2.